The largest absolute Gasteiger partial charge is 0.388 e. The highest BCUT2D eigenvalue weighted by Crippen LogP contribution is 2.33. The van der Waals surface area contributed by atoms with Crippen LogP contribution in [-0.4, -0.2) is 11.2 Å². The maximum absolute atomic E-state index is 10.6. The molecule has 0 spiro atoms. The first-order valence-electron chi connectivity index (χ1n) is 7.26. The van der Waals surface area contributed by atoms with Crippen molar-refractivity contribution in [2.45, 2.75) is 51.6 Å². The van der Waals surface area contributed by atoms with Crippen molar-refractivity contribution >= 4 is 5.57 Å². The second-order valence-corrected chi connectivity index (χ2v) is 5.28. The summed E-state index contributed by atoms with van der Waals surface area (Å²) in [4.78, 5) is 0. The van der Waals surface area contributed by atoms with E-state index in [4.69, 9.17) is 0 Å². The van der Waals surface area contributed by atoms with Gasteiger partial charge in [-0.25, -0.2) is 0 Å². The third-order valence-electron chi connectivity index (χ3n) is 3.95. The molecule has 0 aromatic heterocycles. The standard InChI is InChI=1S/C17H24O/c1-2-9-16(14-10-5-3-6-11-14)17(18)15-12-7-4-8-13-15/h3,5-6,9-11,15,17-18H,2,4,7-8,12-13H2,1H3/b16-9+/t17-/m1/s1. The van der Waals surface area contributed by atoms with Crippen LogP contribution in [0.5, 0.6) is 0 Å². The van der Waals surface area contributed by atoms with Crippen molar-refractivity contribution in [2.75, 3.05) is 0 Å². The second kappa shape index (κ2) is 6.75. The minimum Gasteiger partial charge on any atom is -0.388 e. The Bertz CT molecular complexity index is 374. The number of aliphatic hydroxyl groups is 1. The first kappa shape index (κ1) is 13.4. The van der Waals surface area contributed by atoms with Gasteiger partial charge in [-0.2, -0.15) is 0 Å². The molecule has 0 unspecified atom stereocenters. The summed E-state index contributed by atoms with van der Waals surface area (Å²) in [5.74, 6) is 0.455. The van der Waals surface area contributed by atoms with Crippen LogP contribution < -0.4 is 0 Å². The van der Waals surface area contributed by atoms with Gasteiger partial charge in [-0.3, -0.25) is 0 Å². The molecule has 0 heterocycles. The van der Waals surface area contributed by atoms with E-state index in [-0.39, 0.29) is 6.10 Å². The van der Waals surface area contributed by atoms with E-state index in [2.05, 4.69) is 25.1 Å². The topological polar surface area (TPSA) is 20.2 Å². The molecule has 18 heavy (non-hydrogen) atoms. The van der Waals surface area contributed by atoms with Gasteiger partial charge in [-0.15, -0.1) is 0 Å². The third kappa shape index (κ3) is 3.23. The van der Waals surface area contributed by atoms with E-state index in [0.717, 1.165) is 12.0 Å². The highest BCUT2D eigenvalue weighted by atomic mass is 16.3. The van der Waals surface area contributed by atoms with Gasteiger partial charge in [0.05, 0.1) is 6.10 Å². The Labute approximate surface area is 111 Å². The summed E-state index contributed by atoms with van der Waals surface area (Å²) in [6.45, 7) is 2.14. The van der Waals surface area contributed by atoms with Crippen molar-refractivity contribution in [3.8, 4) is 0 Å². The third-order valence-corrected chi connectivity index (χ3v) is 3.95. The summed E-state index contributed by atoms with van der Waals surface area (Å²) >= 11 is 0. The molecule has 1 aliphatic carbocycles. The van der Waals surface area contributed by atoms with Gasteiger partial charge in [0.2, 0.25) is 0 Å². The summed E-state index contributed by atoms with van der Waals surface area (Å²) in [5, 5.41) is 10.6. The van der Waals surface area contributed by atoms with E-state index in [1.165, 1.54) is 37.7 Å². The Kier molecular flexibility index (Phi) is 5.00. The molecule has 1 atom stereocenters. The van der Waals surface area contributed by atoms with E-state index in [1.54, 1.807) is 0 Å². The SMILES string of the molecule is CC/C=C(\c1ccccc1)[C@H](O)C1CCCCC1. The molecular weight excluding hydrogens is 220 g/mol. The van der Waals surface area contributed by atoms with Crippen molar-refractivity contribution in [3.63, 3.8) is 0 Å². The van der Waals surface area contributed by atoms with Crippen LogP contribution in [0.3, 0.4) is 0 Å². The summed E-state index contributed by atoms with van der Waals surface area (Å²) in [6.07, 6.45) is 9.12. The number of allylic oxidation sites excluding steroid dienone is 1. The number of benzene rings is 1. The molecule has 1 aliphatic rings. The van der Waals surface area contributed by atoms with Crippen molar-refractivity contribution in [1.29, 1.82) is 0 Å². The van der Waals surface area contributed by atoms with Gasteiger partial charge in [0.25, 0.3) is 0 Å². The Hall–Kier alpha value is -1.08. The molecule has 2 rings (SSSR count). The summed E-state index contributed by atoms with van der Waals surface area (Å²) in [5.41, 5.74) is 2.31. The molecule has 0 radical (unpaired) electrons. The van der Waals surface area contributed by atoms with Crippen LogP contribution in [0.1, 0.15) is 51.0 Å². The first-order chi connectivity index (χ1) is 8.83. The molecular formula is C17H24O. The molecule has 1 fully saturated rings. The molecule has 1 saturated carbocycles. The maximum Gasteiger partial charge on any atom is 0.0820 e. The predicted octanol–water partition coefficient (Wildman–Crippen LogP) is 4.42. The van der Waals surface area contributed by atoms with Crippen LogP contribution in [0.25, 0.3) is 5.57 Å². The maximum atomic E-state index is 10.6. The van der Waals surface area contributed by atoms with Gasteiger partial charge in [0.15, 0.2) is 0 Å². The van der Waals surface area contributed by atoms with Crippen LogP contribution in [0.15, 0.2) is 36.4 Å². The van der Waals surface area contributed by atoms with Crippen LogP contribution in [0.4, 0.5) is 0 Å². The van der Waals surface area contributed by atoms with Gasteiger partial charge in [-0.05, 0) is 36.3 Å². The molecule has 0 bridgehead atoms. The summed E-state index contributed by atoms with van der Waals surface area (Å²) in [6, 6.07) is 10.3. The van der Waals surface area contributed by atoms with Crippen LogP contribution >= 0.6 is 0 Å². The number of hydrogen-bond donors (Lipinski definition) is 1. The van der Waals surface area contributed by atoms with Gasteiger partial charge < -0.3 is 5.11 Å². The van der Waals surface area contributed by atoms with Crippen molar-refractivity contribution < 1.29 is 5.11 Å². The van der Waals surface area contributed by atoms with Crippen LogP contribution in [0, 0.1) is 5.92 Å². The van der Waals surface area contributed by atoms with E-state index in [0.29, 0.717) is 5.92 Å². The quantitative estimate of drug-likeness (QED) is 0.831. The average molecular weight is 244 g/mol. The Morgan fingerprint density at radius 2 is 1.89 bits per heavy atom. The molecule has 98 valence electrons. The Morgan fingerprint density at radius 1 is 1.22 bits per heavy atom. The van der Waals surface area contributed by atoms with E-state index in [1.807, 2.05) is 18.2 Å². The summed E-state index contributed by atoms with van der Waals surface area (Å²) in [7, 11) is 0. The Morgan fingerprint density at radius 3 is 2.50 bits per heavy atom. The molecule has 1 aromatic rings. The monoisotopic (exact) mass is 244 g/mol. The second-order valence-electron chi connectivity index (χ2n) is 5.28. The first-order valence-corrected chi connectivity index (χ1v) is 7.26. The summed E-state index contributed by atoms with van der Waals surface area (Å²) < 4.78 is 0. The van der Waals surface area contributed by atoms with Crippen LogP contribution in [0.2, 0.25) is 0 Å². The molecule has 0 aliphatic heterocycles. The number of hydrogen-bond acceptors (Lipinski definition) is 1. The zero-order valence-electron chi connectivity index (χ0n) is 11.3. The van der Waals surface area contributed by atoms with E-state index >= 15 is 0 Å². The van der Waals surface area contributed by atoms with E-state index in [9.17, 15) is 5.11 Å². The lowest BCUT2D eigenvalue weighted by Crippen LogP contribution is -2.24. The average Bonchev–Trinajstić information content (AvgIpc) is 2.46. The lowest BCUT2D eigenvalue weighted by atomic mass is 9.81. The minimum absolute atomic E-state index is 0.285. The normalized spacial score (nSPS) is 19.8. The number of aliphatic hydroxyl groups excluding tert-OH is 1. The van der Waals surface area contributed by atoms with Gasteiger partial charge in [0.1, 0.15) is 0 Å². The molecule has 1 heteroatoms. The van der Waals surface area contributed by atoms with Crippen molar-refractivity contribution in [2.24, 2.45) is 5.92 Å². The smallest absolute Gasteiger partial charge is 0.0820 e. The lowest BCUT2D eigenvalue weighted by Gasteiger charge is -2.28. The van der Waals surface area contributed by atoms with Crippen molar-refractivity contribution in [3.05, 3.63) is 42.0 Å². The van der Waals surface area contributed by atoms with Gasteiger partial charge in [-0.1, -0.05) is 62.6 Å². The highest BCUT2D eigenvalue weighted by molar-refractivity contribution is 5.68. The molecule has 0 amide bonds. The molecule has 1 N–H and O–H groups in total. The Balaban J connectivity index is 2.17. The number of rotatable bonds is 4. The van der Waals surface area contributed by atoms with Gasteiger partial charge >= 0.3 is 0 Å². The zero-order valence-corrected chi connectivity index (χ0v) is 11.3. The molecule has 1 nitrogen and oxygen atoms in total. The fourth-order valence-corrected chi connectivity index (χ4v) is 2.96. The molecule has 1 aromatic carbocycles. The lowest BCUT2D eigenvalue weighted by molar-refractivity contribution is 0.133. The molecule has 0 saturated heterocycles. The fourth-order valence-electron chi connectivity index (χ4n) is 2.96. The minimum atomic E-state index is -0.285. The fraction of sp³-hybridized carbons (Fsp3) is 0.529. The zero-order chi connectivity index (χ0) is 12.8. The van der Waals surface area contributed by atoms with Gasteiger partial charge in [0, 0.05) is 0 Å². The van der Waals surface area contributed by atoms with Crippen LogP contribution in [-0.2, 0) is 0 Å². The predicted molar refractivity (Wildman–Crippen MR) is 77.3 cm³/mol. The van der Waals surface area contributed by atoms with E-state index < -0.39 is 0 Å². The van der Waals surface area contributed by atoms with Crippen molar-refractivity contribution in [1.82, 2.24) is 0 Å². The highest BCUT2D eigenvalue weighted by Gasteiger charge is 2.25.